The van der Waals surface area contributed by atoms with Crippen molar-refractivity contribution in [1.29, 1.82) is 0 Å². The van der Waals surface area contributed by atoms with Crippen LogP contribution in [-0.4, -0.2) is 14.3 Å². The standard InChI is InChI=1S/C16H17FN2O3S/c1-10-4-7-16(11(2)8-10)23(21,22)19-15-9-13(18-12(3)20)5-6-14(15)17/h4-9,19H,1-3H3,(H,18,20). The average molecular weight is 336 g/mol. The molecule has 2 rings (SSSR count). The molecule has 0 bridgehead atoms. The Hall–Kier alpha value is -2.41. The van der Waals surface area contributed by atoms with Gasteiger partial charge in [-0.2, -0.15) is 0 Å². The van der Waals surface area contributed by atoms with Crippen molar-refractivity contribution < 1.29 is 17.6 Å². The first-order chi connectivity index (χ1) is 10.7. The lowest BCUT2D eigenvalue weighted by Gasteiger charge is -2.13. The lowest BCUT2D eigenvalue weighted by molar-refractivity contribution is -0.114. The second kappa shape index (κ2) is 6.37. The predicted octanol–water partition coefficient (Wildman–Crippen LogP) is 3.20. The van der Waals surface area contributed by atoms with Gasteiger partial charge in [0.1, 0.15) is 5.82 Å². The molecule has 7 heteroatoms. The van der Waals surface area contributed by atoms with Crippen LogP contribution in [0.1, 0.15) is 18.1 Å². The fraction of sp³-hybridized carbons (Fsp3) is 0.188. The molecule has 0 spiro atoms. The summed E-state index contributed by atoms with van der Waals surface area (Å²) in [6, 6.07) is 8.56. The third kappa shape index (κ3) is 4.07. The molecule has 23 heavy (non-hydrogen) atoms. The van der Waals surface area contributed by atoms with E-state index in [9.17, 15) is 17.6 Å². The van der Waals surface area contributed by atoms with E-state index < -0.39 is 15.8 Å². The fourth-order valence-corrected chi connectivity index (χ4v) is 3.47. The van der Waals surface area contributed by atoms with Crippen LogP contribution in [0.25, 0.3) is 0 Å². The zero-order chi connectivity index (χ0) is 17.2. The molecule has 0 aliphatic heterocycles. The van der Waals surface area contributed by atoms with Crippen molar-refractivity contribution in [3.63, 3.8) is 0 Å². The van der Waals surface area contributed by atoms with Crippen LogP contribution < -0.4 is 10.0 Å². The van der Waals surface area contributed by atoms with E-state index in [-0.39, 0.29) is 16.5 Å². The average Bonchev–Trinajstić information content (AvgIpc) is 2.41. The van der Waals surface area contributed by atoms with Gasteiger partial charge in [-0.15, -0.1) is 0 Å². The largest absolute Gasteiger partial charge is 0.326 e. The Morgan fingerprint density at radius 1 is 1.09 bits per heavy atom. The first-order valence-corrected chi connectivity index (χ1v) is 8.34. The van der Waals surface area contributed by atoms with Gasteiger partial charge in [0, 0.05) is 12.6 Å². The van der Waals surface area contributed by atoms with Gasteiger partial charge in [0.25, 0.3) is 10.0 Å². The van der Waals surface area contributed by atoms with Gasteiger partial charge in [-0.3, -0.25) is 9.52 Å². The zero-order valence-electron chi connectivity index (χ0n) is 13.0. The number of rotatable bonds is 4. The van der Waals surface area contributed by atoms with Crippen LogP contribution in [0.3, 0.4) is 0 Å². The molecule has 0 heterocycles. The minimum absolute atomic E-state index is 0.0763. The van der Waals surface area contributed by atoms with Crippen LogP contribution >= 0.6 is 0 Å². The molecule has 0 saturated carbocycles. The first kappa shape index (κ1) is 17.0. The van der Waals surface area contributed by atoms with Crippen LogP contribution in [0.4, 0.5) is 15.8 Å². The Labute approximate surface area is 134 Å². The molecule has 2 aromatic carbocycles. The SMILES string of the molecule is CC(=O)Nc1ccc(F)c(NS(=O)(=O)c2ccc(C)cc2C)c1. The number of hydrogen-bond acceptors (Lipinski definition) is 3. The normalized spacial score (nSPS) is 11.1. The summed E-state index contributed by atoms with van der Waals surface area (Å²) in [4.78, 5) is 11.1. The number of hydrogen-bond donors (Lipinski definition) is 2. The zero-order valence-corrected chi connectivity index (χ0v) is 13.8. The van der Waals surface area contributed by atoms with Crippen molar-refractivity contribution >= 4 is 27.3 Å². The van der Waals surface area contributed by atoms with Gasteiger partial charge in [-0.25, -0.2) is 12.8 Å². The lowest BCUT2D eigenvalue weighted by Crippen LogP contribution is -2.16. The van der Waals surface area contributed by atoms with E-state index in [4.69, 9.17) is 0 Å². The maximum Gasteiger partial charge on any atom is 0.262 e. The molecule has 2 aromatic rings. The van der Waals surface area contributed by atoms with Crippen molar-refractivity contribution in [3.05, 3.63) is 53.3 Å². The van der Waals surface area contributed by atoms with Crippen LogP contribution in [0, 0.1) is 19.7 Å². The topological polar surface area (TPSA) is 75.3 Å². The molecule has 0 radical (unpaired) electrons. The molecule has 0 unspecified atom stereocenters. The highest BCUT2D eigenvalue weighted by atomic mass is 32.2. The summed E-state index contributed by atoms with van der Waals surface area (Å²) in [6.07, 6.45) is 0. The molecule has 2 N–H and O–H groups in total. The van der Waals surface area contributed by atoms with E-state index in [0.29, 0.717) is 11.3 Å². The Morgan fingerprint density at radius 2 is 1.78 bits per heavy atom. The molecule has 0 aromatic heterocycles. The first-order valence-electron chi connectivity index (χ1n) is 6.86. The van der Waals surface area contributed by atoms with Gasteiger partial charge in [0.2, 0.25) is 5.91 Å². The van der Waals surface area contributed by atoms with E-state index in [2.05, 4.69) is 10.0 Å². The second-order valence-electron chi connectivity index (χ2n) is 5.25. The maximum atomic E-state index is 13.9. The smallest absolute Gasteiger partial charge is 0.262 e. The second-order valence-corrected chi connectivity index (χ2v) is 6.90. The lowest BCUT2D eigenvalue weighted by atomic mass is 10.2. The quantitative estimate of drug-likeness (QED) is 0.900. The third-order valence-corrected chi connectivity index (χ3v) is 4.68. The predicted molar refractivity (Wildman–Crippen MR) is 87.4 cm³/mol. The number of anilines is 2. The number of amides is 1. The van der Waals surface area contributed by atoms with Crippen LogP contribution in [0.15, 0.2) is 41.3 Å². The number of carbonyl (C=O) groups is 1. The van der Waals surface area contributed by atoms with Gasteiger partial charge in [-0.1, -0.05) is 17.7 Å². The van der Waals surface area contributed by atoms with E-state index in [0.717, 1.165) is 11.6 Å². The number of halogens is 1. The van der Waals surface area contributed by atoms with E-state index in [1.54, 1.807) is 19.1 Å². The molecular formula is C16H17FN2O3S. The molecule has 122 valence electrons. The number of carbonyl (C=O) groups excluding carboxylic acids is 1. The highest BCUT2D eigenvalue weighted by Crippen LogP contribution is 2.24. The highest BCUT2D eigenvalue weighted by molar-refractivity contribution is 7.92. The Morgan fingerprint density at radius 3 is 2.39 bits per heavy atom. The Balaban J connectivity index is 2.38. The van der Waals surface area contributed by atoms with Gasteiger partial charge in [0.05, 0.1) is 10.6 Å². The van der Waals surface area contributed by atoms with Crippen molar-refractivity contribution in [2.24, 2.45) is 0 Å². The summed E-state index contributed by atoms with van der Waals surface area (Å²) in [7, 11) is -3.93. The molecule has 0 saturated heterocycles. The molecular weight excluding hydrogens is 319 g/mol. The Kier molecular flexibility index (Phi) is 4.70. The van der Waals surface area contributed by atoms with Crippen molar-refractivity contribution in [3.8, 4) is 0 Å². The number of aryl methyl sites for hydroxylation is 2. The van der Waals surface area contributed by atoms with Gasteiger partial charge in [-0.05, 0) is 43.7 Å². The van der Waals surface area contributed by atoms with E-state index in [1.807, 2.05) is 6.92 Å². The van der Waals surface area contributed by atoms with Crippen LogP contribution in [-0.2, 0) is 14.8 Å². The fourth-order valence-electron chi connectivity index (χ4n) is 2.19. The van der Waals surface area contributed by atoms with Gasteiger partial charge < -0.3 is 5.32 Å². The third-order valence-electron chi connectivity index (χ3n) is 3.15. The van der Waals surface area contributed by atoms with E-state index >= 15 is 0 Å². The molecule has 1 amide bonds. The number of nitrogens with one attached hydrogen (secondary N) is 2. The number of sulfonamides is 1. The molecule has 0 fully saturated rings. The van der Waals surface area contributed by atoms with Gasteiger partial charge >= 0.3 is 0 Å². The minimum Gasteiger partial charge on any atom is -0.326 e. The van der Waals surface area contributed by atoms with Crippen molar-refractivity contribution in [1.82, 2.24) is 0 Å². The van der Waals surface area contributed by atoms with Crippen LogP contribution in [0.5, 0.6) is 0 Å². The highest BCUT2D eigenvalue weighted by Gasteiger charge is 2.19. The van der Waals surface area contributed by atoms with Crippen molar-refractivity contribution in [2.45, 2.75) is 25.7 Å². The van der Waals surface area contributed by atoms with Gasteiger partial charge in [0.15, 0.2) is 0 Å². The summed E-state index contributed by atoms with van der Waals surface area (Å²) in [5, 5.41) is 2.48. The van der Waals surface area contributed by atoms with Crippen LogP contribution in [0.2, 0.25) is 0 Å². The summed E-state index contributed by atoms with van der Waals surface area (Å²) < 4.78 is 41.0. The summed E-state index contributed by atoms with van der Waals surface area (Å²) in [6.45, 7) is 4.84. The summed E-state index contributed by atoms with van der Waals surface area (Å²) >= 11 is 0. The molecule has 0 aliphatic rings. The maximum absolute atomic E-state index is 13.9. The van der Waals surface area contributed by atoms with E-state index in [1.165, 1.54) is 25.1 Å². The Bertz CT molecular complexity index is 864. The summed E-state index contributed by atoms with van der Waals surface area (Å²) in [5.74, 6) is -1.06. The molecule has 5 nitrogen and oxygen atoms in total. The molecule has 0 atom stereocenters. The van der Waals surface area contributed by atoms with Crippen molar-refractivity contribution in [2.75, 3.05) is 10.0 Å². The summed E-state index contributed by atoms with van der Waals surface area (Å²) in [5.41, 5.74) is 1.57. The molecule has 0 aliphatic carbocycles. The monoisotopic (exact) mass is 336 g/mol. The minimum atomic E-state index is -3.93. The number of benzene rings is 2.